The Bertz CT molecular complexity index is 161. The quantitative estimate of drug-likeness (QED) is 0.649. The largest absolute Gasteiger partial charge is 0.396 e. The highest BCUT2D eigenvalue weighted by molar-refractivity contribution is 5.53. The molecular weight excluding hydrogens is 166 g/mol. The Labute approximate surface area is 79.7 Å². The van der Waals surface area contributed by atoms with E-state index in [0.29, 0.717) is 5.92 Å². The topological polar surface area (TPSA) is 40.5 Å². The lowest BCUT2D eigenvalue weighted by atomic mass is 9.99. The van der Waals surface area contributed by atoms with Gasteiger partial charge in [-0.05, 0) is 25.3 Å². The zero-order chi connectivity index (χ0) is 9.68. The van der Waals surface area contributed by atoms with Gasteiger partial charge in [-0.25, -0.2) is 0 Å². The van der Waals surface area contributed by atoms with Gasteiger partial charge in [-0.3, -0.25) is 0 Å². The van der Waals surface area contributed by atoms with Crippen LogP contribution in [0.3, 0.4) is 0 Å². The molecule has 0 aromatic heterocycles. The standard InChI is InChI=1S/C10H19NO2/c1-9(7-12)5-11-4-2-3-10(6-11)8-13/h8-10,12H,2-7H2,1H3. The van der Waals surface area contributed by atoms with E-state index in [1.54, 1.807) is 0 Å². The fourth-order valence-corrected chi connectivity index (χ4v) is 1.87. The number of carbonyl (C=O) groups excluding carboxylic acids is 1. The van der Waals surface area contributed by atoms with Gasteiger partial charge in [0.25, 0.3) is 0 Å². The fourth-order valence-electron chi connectivity index (χ4n) is 1.87. The molecule has 3 nitrogen and oxygen atoms in total. The van der Waals surface area contributed by atoms with E-state index in [2.05, 4.69) is 4.90 Å². The molecule has 0 saturated carbocycles. The van der Waals surface area contributed by atoms with Crippen molar-refractivity contribution < 1.29 is 9.90 Å². The van der Waals surface area contributed by atoms with Gasteiger partial charge < -0.3 is 14.8 Å². The van der Waals surface area contributed by atoms with Gasteiger partial charge in [-0.15, -0.1) is 0 Å². The summed E-state index contributed by atoms with van der Waals surface area (Å²) in [7, 11) is 0. The number of aldehydes is 1. The van der Waals surface area contributed by atoms with Gasteiger partial charge in [0.2, 0.25) is 0 Å². The van der Waals surface area contributed by atoms with Crippen LogP contribution in [-0.2, 0) is 4.79 Å². The SMILES string of the molecule is CC(CO)CN1CCCC(C=O)C1. The second-order valence-corrected chi connectivity index (χ2v) is 4.09. The molecule has 0 spiro atoms. The summed E-state index contributed by atoms with van der Waals surface area (Å²) in [6, 6.07) is 0. The average molecular weight is 185 g/mol. The molecule has 0 aliphatic carbocycles. The van der Waals surface area contributed by atoms with Gasteiger partial charge in [0.1, 0.15) is 6.29 Å². The number of piperidine rings is 1. The van der Waals surface area contributed by atoms with Crippen LogP contribution in [-0.4, -0.2) is 42.5 Å². The first-order valence-corrected chi connectivity index (χ1v) is 5.04. The first-order chi connectivity index (χ1) is 6.26. The minimum atomic E-state index is 0.222. The normalized spacial score (nSPS) is 27.1. The zero-order valence-electron chi connectivity index (χ0n) is 8.28. The van der Waals surface area contributed by atoms with Crippen LogP contribution in [0.1, 0.15) is 19.8 Å². The van der Waals surface area contributed by atoms with Crippen molar-refractivity contribution in [1.29, 1.82) is 0 Å². The summed E-state index contributed by atoms with van der Waals surface area (Å²) in [6.07, 6.45) is 3.21. The predicted octanol–water partition coefficient (Wildman–Crippen LogP) is 0.526. The summed E-state index contributed by atoms with van der Waals surface area (Å²) >= 11 is 0. The van der Waals surface area contributed by atoms with Gasteiger partial charge in [0.05, 0.1) is 0 Å². The molecule has 0 radical (unpaired) electrons. The summed E-state index contributed by atoms with van der Waals surface area (Å²) in [6.45, 7) is 5.15. The molecule has 3 heteroatoms. The Kier molecular flexibility index (Phi) is 4.39. The van der Waals surface area contributed by atoms with Crippen LogP contribution < -0.4 is 0 Å². The number of hydrogen-bond donors (Lipinski definition) is 1. The minimum absolute atomic E-state index is 0.222. The lowest BCUT2D eigenvalue weighted by molar-refractivity contribution is -0.112. The molecule has 1 aliphatic heterocycles. The number of nitrogens with zero attached hydrogens (tertiary/aromatic N) is 1. The van der Waals surface area contributed by atoms with Gasteiger partial charge in [-0.2, -0.15) is 0 Å². The maximum atomic E-state index is 10.6. The molecule has 13 heavy (non-hydrogen) atoms. The van der Waals surface area contributed by atoms with Crippen molar-refractivity contribution in [2.24, 2.45) is 11.8 Å². The first kappa shape index (κ1) is 10.7. The molecule has 1 heterocycles. The molecule has 76 valence electrons. The van der Waals surface area contributed by atoms with E-state index >= 15 is 0 Å². The smallest absolute Gasteiger partial charge is 0.124 e. The van der Waals surface area contributed by atoms with E-state index in [-0.39, 0.29) is 12.5 Å². The van der Waals surface area contributed by atoms with Crippen molar-refractivity contribution in [3.8, 4) is 0 Å². The zero-order valence-corrected chi connectivity index (χ0v) is 8.28. The summed E-state index contributed by atoms with van der Waals surface area (Å²) in [5.41, 5.74) is 0. The van der Waals surface area contributed by atoms with Gasteiger partial charge in [-0.1, -0.05) is 6.92 Å². The second kappa shape index (κ2) is 5.35. The molecule has 1 aliphatic rings. The van der Waals surface area contributed by atoms with Gasteiger partial charge in [0.15, 0.2) is 0 Å². The third-order valence-electron chi connectivity index (χ3n) is 2.62. The van der Waals surface area contributed by atoms with Crippen LogP contribution in [0, 0.1) is 11.8 Å². The molecule has 0 bridgehead atoms. The highest BCUT2D eigenvalue weighted by Gasteiger charge is 2.19. The third-order valence-corrected chi connectivity index (χ3v) is 2.62. The molecule has 1 fully saturated rings. The number of carbonyl (C=O) groups is 1. The molecule has 0 aromatic rings. The lowest BCUT2D eigenvalue weighted by Gasteiger charge is -2.31. The van der Waals surface area contributed by atoms with Crippen LogP contribution in [0.2, 0.25) is 0 Å². The van der Waals surface area contributed by atoms with Crippen molar-refractivity contribution in [2.75, 3.05) is 26.2 Å². The van der Waals surface area contributed by atoms with Crippen LogP contribution in [0.15, 0.2) is 0 Å². The third kappa shape index (κ3) is 3.44. The van der Waals surface area contributed by atoms with Crippen LogP contribution in [0.4, 0.5) is 0 Å². The monoisotopic (exact) mass is 185 g/mol. The van der Waals surface area contributed by atoms with E-state index < -0.39 is 0 Å². The van der Waals surface area contributed by atoms with Crippen molar-refractivity contribution in [2.45, 2.75) is 19.8 Å². The molecule has 2 unspecified atom stereocenters. The van der Waals surface area contributed by atoms with Crippen molar-refractivity contribution >= 4 is 6.29 Å². The molecule has 0 aromatic carbocycles. The number of aliphatic hydroxyl groups excluding tert-OH is 1. The number of likely N-dealkylation sites (tertiary alicyclic amines) is 1. The predicted molar refractivity (Wildman–Crippen MR) is 51.5 cm³/mol. The lowest BCUT2D eigenvalue weighted by Crippen LogP contribution is -2.39. The van der Waals surface area contributed by atoms with Gasteiger partial charge >= 0.3 is 0 Å². The summed E-state index contributed by atoms with van der Waals surface area (Å²) in [4.78, 5) is 12.9. The first-order valence-electron chi connectivity index (χ1n) is 5.04. The van der Waals surface area contributed by atoms with Crippen LogP contribution in [0.25, 0.3) is 0 Å². The van der Waals surface area contributed by atoms with E-state index in [1.165, 1.54) is 0 Å². The highest BCUT2D eigenvalue weighted by Crippen LogP contribution is 2.15. The van der Waals surface area contributed by atoms with Crippen LogP contribution in [0.5, 0.6) is 0 Å². The second-order valence-electron chi connectivity index (χ2n) is 4.09. The van der Waals surface area contributed by atoms with E-state index in [0.717, 1.165) is 38.8 Å². The summed E-state index contributed by atoms with van der Waals surface area (Å²) in [5, 5.41) is 8.89. The minimum Gasteiger partial charge on any atom is -0.396 e. The molecule has 1 saturated heterocycles. The summed E-state index contributed by atoms with van der Waals surface area (Å²) in [5.74, 6) is 0.546. The van der Waals surface area contributed by atoms with Gasteiger partial charge in [0, 0.05) is 25.6 Å². The van der Waals surface area contributed by atoms with Crippen molar-refractivity contribution in [1.82, 2.24) is 4.90 Å². The maximum Gasteiger partial charge on any atom is 0.124 e. The maximum absolute atomic E-state index is 10.6. The Balaban J connectivity index is 2.29. The van der Waals surface area contributed by atoms with E-state index in [9.17, 15) is 4.79 Å². The molecule has 2 atom stereocenters. The average Bonchev–Trinajstić information content (AvgIpc) is 2.18. The summed E-state index contributed by atoms with van der Waals surface area (Å²) < 4.78 is 0. The Hall–Kier alpha value is -0.410. The van der Waals surface area contributed by atoms with Crippen molar-refractivity contribution in [3.63, 3.8) is 0 Å². The molecule has 1 N–H and O–H groups in total. The number of hydrogen-bond acceptors (Lipinski definition) is 3. The Morgan fingerprint density at radius 2 is 2.46 bits per heavy atom. The molecule has 0 amide bonds. The fraction of sp³-hybridized carbons (Fsp3) is 0.900. The number of rotatable bonds is 4. The Morgan fingerprint density at radius 1 is 1.69 bits per heavy atom. The molecular formula is C10H19NO2. The van der Waals surface area contributed by atoms with Crippen molar-refractivity contribution in [3.05, 3.63) is 0 Å². The molecule has 1 rings (SSSR count). The van der Waals surface area contributed by atoms with E-state index in [4.69, 9.17) is 5.11 Å². The Morgan fingerprint density at radius 3 is 3.08 bits per heavy atom. The number of aliphatic hydroxyl groups is 1. The van der Waals surface area contributed by atoms with Crippen LogP contribution >= 0.6 is 0 Å². The highest BCUT2D eigenvalue weighted by atomic mass is 16.3. The van der Waals surface area contributed by atoms with E-state index in [1.807, 2.05) is 6.92 Å².